The fourth-order valence-electron chi connectivity index (χ4n) is 3.33. The van der Waals surface area contributed by atoms with Gasteiger partial charge in [0.15, 0.2) is 6.04 Å². The summed E-state index contributed by atoms with van der Waals surface area (Å²) in [6.45, 7) is 1.93. The van der Waals surface area contributed by atoms with Gasteiger partial charge < -0.3 is 4.74 Å². The van der Waals surface area contributed by atoms with Crippen molar-refractivity contribution in [2.75, 3.05) is 13.7 Å². The summed E-state index contributed by atoms with van der Waals surface area (Å²) in [5.74, 6) is 0.121. The van der Waals surface area contributed by atoms with Gasteiger partial charge in [0.1, 0.15) is 5.84 Å². The smallest absolute Gasteiger partial charge is 0.332 e. The Morgan fingerprint density at radius 1 is 1.21 bits per heavy atom. The Morgan fingerprint density at radius 2 is 1.83 bits per heavy atom. The first-order valence-electron chi connectivity index (χ1n) is 8.18. The van der Waals surface area contributed by atoms with Crippen LogP contribution in [0.3, 0.4) is 0 Å². The maximum atomic E-state index is 13.1. The van der Waals surface area contributed by atoms with Gasteiger partial charge in [-0.3, -0.25) is 9.30 Å². The highest BCUT2D eigenvalue weighted by atomic mass is 32.2. The van der Waals surface area contributed by atoms with Crippen molar-refractivity contribution in [3.05, 3.63) is 29.8 Å². The predicted octanol–water partition coefficient (Wildman–Crippen LogP) is 2.13. The summed E-state index contributed by atoms with van der Waals surface area (Å²) < 4.78 is 32.2. The quantitative estimate of drug-likeness (QED) is 0.780. The van der Waals surface area contributed by atoms with E-state index in [2.05, 4.69) is 4.99 Å². The Bertz CT molecular complexity index is 749. The number of aryl methyl sites for hydroxylation is 1. The predicted molar refractivity (Wildman–Crippen MR) is 90.3 cm³/mol. The molecule has 0 bridgehead atoms. The fourth-order valence-corrected chi connectivity index (χ4v) is 4.84. The largest absolute Gasteiger partial charge is 0.467 e. The van der Waals surface area contributed by atoms with Crippen LogP contribution in [0.15, 0.2) is 34.2 Å². The molecule has 0 saturated heterocycles. The second-order valence-corrected chi connectivity index (χ2v) is 8.22. The zero-order valence-electron chi connectivity index (χ0n) is 13.9. The van der Waals surface area contributed by atoms with E-state index < -0.39 is 22.0 Å². The molecule has 6 nitrogen and oxygen atoms in total. The van der Waals surface area contributed by atoms with Crippen LogP contribution in [-0.4, -0.2) is 44.2 Å². The minimum absolute atomic E-state index is 0.0225. The van der Waals surface area contributed by atoms with Crippen molar-refractivity contribution < 1.29 is 17.9 Å². The van der Waals surface area contributed by atoms with Gasteiger partial charge in [-0.2, -0.15) is 0 Å². The molecule has 0 aromatic heterocycles. The van der Waals surface area contributed by atoms with Gasteiger partial charge in [0.25, 0.3) is 10.0 Å². The Balaban J connectivity index is 1.96. The molecule has 1 heterocycles. The second-order valence-electron chi connectivity index (χ2n) is 6.36. The van der Waals surface area contributed by atoms with Gasteiger partial charge in [-0.1, -0.05) is 30.5 Å². The van der Waals surface area contributed by atoms with Crippen LogP contribution >= 0.6 is 0 Å². The van der Waals surface area contributed by atoms with Crippen LogP contribution in [0, 0.1) is 12.8 Å². The molecule has 24 heavy (non-hydrogen) atoms. The zero-order valence-corrected chi connectivity index (χ0v) is 14.8. The molecule has 1 saturated carbocycles. The molecule has 1 fully saturated rings. The van der Waals surface area contributed by atoms with E-state index in [4.69, 9.17) is 4.74 Å². The first kappa shape index (κ1) is 17.0. The number of carbonyl (C=O) groups excluding carboxylic acids is 1. The van der Waals surface area contributed by atoms with Gasteiger partial charge in [0.05, 0.1) is 18.6 Å². The van der Waals surface area contributed by atoms with Crippen LogP contribution in [-0.2, 0) is 19.6 Å². The van der Waals surface area contributed by atoms with Crippen LogP contribution < -0.4 is 0 Å². The summed E-state index contributed by atoms with van der Waals surface area (Å²) in [6.07, 6.45) is 3.94. The normalized spacial score (nSPS) is 21.8. The van der Waals surface area contributed by atoms with Gasteiger partial charge in [-0.25, -0.2) is 13.2 Å². The average molecular weight is 350 g/mol. The molecule has 7 heteroatoms. The molecular formula is C17H22N2O4S. The van der Waals surface area contributed by atoms with Crippen LogP contribution in [0.5, 0.6) is 0 Å². The van der Waals surface area contributed by atoms with E-state index in [-0.39, 0.29) is 17.4 Å². The number of carbonyl (C=O) groups is 1. The van der Waals surface area contributed by atoms with E-state index in [1.54, 1.807) is 24.3 Å². The summed E-state index contributed by atoms with van der Waals surface area (Å²) in [5, 5.41) is 0. The molecule has 3 rings (SSSR count). The SMILES string of the molecule is COC(=O)[C@H]1CN(S(=O)(=O)c2ccc(C)cc2)C(C2CCCC2)=N1. The lowest BCUT2D eigenvalue weighted by Crippen LogP contribution is -2.39. The molecule has 1 aromatic rings. The minimum atomic E-state index is -3.72. The van der Waals surface area contributed by atoms with Crippen LogP contribution in [0.2, 0.25) is 0 Å². The standard InChI is InChI=1S/C17H22N2O4S/c1-12-7-9-14(10-8-12)24(21,22)19-11-15(17(20)23-2)18-16(19)13-5-3-4-6-13/h7-10,13,15H,3-6,11H2,1-2H3/t15-/m1/s1. The topological polar surface area (TPSA) is 76.0 Å². The Hall–Kier alpha value is -1.89. The number of amidine groups is 1. The fraction of sp³-hybridized carbons (Fsp3) is 0.529. The van der Waals surface area contributed by atoms with Crippen molar-refractivity contribution in [2.24, 2.45) is 10.9 Å². The molecule has 1 aromatic carbocycles. The summed E-state index contributed by atoms with van der Waals surface area (Å²) in [5.41, 5.74) is 0.993. The number of benzene rings is 1. The molecule has 1 aliphatic carbocycles. The van der Waals surface area contributed by atoms with E-state index >= 15 is 0 Å². The first-order valence-corrected chi connectivity index (χ1v) is 9.62. The van der Waals surface area contributed by atoms with Gasteiger partial charge >= 0.3 is 5.97 Å². The van der Waals surface area contributed by atoms with Crippen LogP contribution in [0.25, 0.3) is 0 Å². The molecule has 0 amide bonds. The molecule has 0 radical (unpaired) electrons. The minimum Gasteiger partial charge on any atom is -0.467 e. The maximum Gasteiger partial charge on any atom is 0.332 e. The number of aliphatic imine (C=N–C) groups is 1. The lowest BCUT2D eigenvalue weighted by molar-refractivity contribution is -0.141. The molecule has 130 valence electrons. The third-order valence-corrected chi connectivity index (χ3v) is 6.47. The Labute approximate surface area is 142 Å². The van der Waals surface area contributed by atoms with E-state index in [1.807, 2.05) is 6.92 Å². The molecule has 0 spiro atoms. The highest BCUT2D eigenvalue weighted by Gasteiger charge is 2.41. The van der Waals surface area contributed by atoms with Gasteiger partial charge in [0, 0.05) is 5.92 Å². The van der Waals surface area contributed by atoms with Crippen molar-refractivity contribution in [3.8, 4) is 0 Å². The summed E-state index contributed by atoms with van der Waals surface area (Å²) in [6, 6.07) is 5.97. The van der Waals surface area contributed by atoms with Gasteiger partial charge in [-0.15, -0.1) is 0 Å². The molecule has 0 unspecified atom stereocenters. The molecule has 2 aliphatic rings. The molecular weight excluding hydrogens is 328 g/mol. The summed E-state index contributed by atoms with van der Waals surface area (Å²) in [4.78, 5) is 16.5. The summed E-state index contributed by atoms with van der Waals surface area (Å²) >= 11 is 0. The highest BCUT2D eigenvalue weighted by Crippen LogP contribution is 2.33. The number of hydrogen-bond acceptors (Lipinski definition) is 5. The Morgan fingerprint density at radius 3 is 2.42 bits per heavy atom. The van der Waals surface area contributed by atoms with Crippen molar-refractivity contribution in [3.63, 3.8) is 0 Å². The number of esters is 1. The monoisotopic (exact) mass is 350 g/mol. The van der Waals surface area contributed by atoms with Crippen molar-refractivity contribution in [1.82, 2.24) is 4.31 Å². The van der Waals surface area contributed by atoms with Crippen LogP contribution in [0.1, 0.15) is 31.2 Å². The van der Waals surface area contributed by atoms with E-state index in [1.165, 1.54) is 11.4 Å². The molecule has 1 aliphatic heterocycles. The summed E-state index contributed by atoms with van der Waals surface area (Å²) in [7, 11) is -2.43. The van der Waals surface area contributed by atoms with E-state index in [0.717, 1.165) is 31.2 Å². The Kier molecular flexibility index (Phi) is 4.62. The second kappa shape index (κ2) is 6.55. The maximum absolute atomic E-state index is 13.1. The third-order valence-electron chi connectivity index (χ3n) is 4.68. The van der Waals surface area contributed by atoms with E-state index in [9.17, 15) is 13.2 Å². The lowest BCUT2D eigenvalue weighted by atomic mass is 10.1. The van der Waals surface area contributed by atoms with Crippen molar-refractivity contribution >= 4 is 21.8 Å². The molecule has 1 atom stereocenters. The lowest BCUT2D eigenvalue weighted by Gasteiger charge is -2.24. The number of nitrogens with zero attached hydrogens (tertiary/aromatic N) is 2. The van der Waals surface area contributed by atoms with E-state index in [0.29, 0.717) is 5.84 Å². The first-order chi connectivity index (χ1) is 11.4. The van der Waals surface area contributed by atoms with Crippen molar-refractivity contribution in [2.45, 2.75) is 43.5 Å². The van der Waals surface area contributed by atoms with Crippen molar-refractivity contribution in [1.29, 1.82) is 0 Å². The van der Waals surface area contributed by atoms with Gasteiger partial charge in [-0.05, 0) is 31.9 Å². The number of sulfonamides is 1. The molecule has 0 N–H and O–H groups in total. The van der Waals surface area contributed by atoms with Gasteiger partial charge in [0.2, 0.25) is 0 Å². The third kappa shape index (κ3) is 3.05. The zero-order chi connectivity index (χ0) is 17.3. The number of rotatable bonds is 4. The van der Waals surface area contributed by atoms with Crippen LogP contribution in [0.4, 0.5) is 0 Å². The number of ether oxygens (including phenoxy) is 1. The number of hydrogen-bond donors (Lipinski definition) is 0. The highest BCUT2D eigenvalue weighted by molar-refractivity contribution is 7.89. The number of methoxy groups -OCH3 is 1. The average Bonchev–Trinajstić information content (AvgIpc) is 3.23.